The van der Waals surface area contributed by atoms with E-state index in [0.717, 1.165) is 53.6 Å². The molecule has 1 N–H and O–H groups in total. The molecule has 2 saturated carbocycles. The van der Waals surface area contributed by atoms with Crippen LogP contribution in [0.1, 0.15) is 215 Å². The molecule has 0 saturated heterocycles. The Hall–Kier alpha value is -3.20. The standard InChI is InChI=1S/2C15H22O.C13H18.C12H16.C8H16/c1-10(2)15-11(3)4-6-13-7-5-12(9-16)8-14(13)15;1-12(2)14-9-6-10-15(14)16-11-13-7-4-3-5-8-13;1-10(2)12-9-5-7-11-6-3-4-8-13(11)12;1-9(2)11-8-7-10-5-3-4-6-12(10)11;1-7(2)8-5-3-4-6-8/h5,7-8,10-11,15-16H,4,6,9H2,1-3H3;3-5,7-8,12,14-15H,6,9-11H2,1-2H3;5,7,9-10H,3-4,6,8H2,1-2H3;3-6,9,11H,7-8H2,1-2H3;7-8H,3-6H2,1-2H3/t11-,15-;14-,15?;;11-;/m01.0./s1. The molecule has 4 aromatic rings. The van der Waals surface area contributed by atoms with E-state index in [1.807, 2.05) is 0 Å². The van der Waals surface area contributed by atoms with E-state index in [-0.39, 0.29) is 6.61 Å². The highest BCUT2D eigenvalue weighted by Crippen LogP contribution is 2.41. The molecule has 9 rings (SSSR count). The third kappa shape index (κ3) is 15.7. The van der Waals surface area contributed by atoms with Crippen molar-refractivity contribution in [1.29, 1.82) is 0 Å². The Morgan fingerprint density at radius 1 is 0.523 bits per heavy atom. The van der Waals surface area contributed by atoms with Crippen molar-refractivity contribution in [1.82, 2.24) is 0 Å². The molecule has 5 atom stereocenters. The summed E-state index contributed by atoms with van der Waals surface area (Å²) in [6.07, 6.45) is 20.9. The fourth-order valence-corrected chi connectivity index (χ4v) is 12.1. The molecule has 5 aliphatic carbocycles. The smallest absolute Gasteiger partial charge is 0.0720 e. The van der Waals surface area contributed by atoms with Gasteiger partial charge in [0.15, 0.2) is 0 Å². The predicted molar refractivity (Wildman–Crippen MR) is 281 cm³/mol. The van der Waals surface area contributed by atoms with Crippen molar-refractivity contribution < 1.29 is 9.84 Å². The number of aryl methyl sites for hydroxylation is 3. The van der Waals surface area contributed by atoms with Gasteiger partial charge >= 0.3 is 0 Å². The zero-order valence-corrected chi connectivity index (χ0v) is 43.4. The van der Waals surface area contributed by atoms with Crippen molar-refractivity contribution in [2.45, 2.75) is 210 Å². The lowest BCUT2D eigenvalue weighted by Crippen LogP contribution is -2.22. The van der Waals surface area contributed by atoms with Gasteiger partial charge in [0.25, 0.3) is 0 Å². The molecule has 65 heavy (non-hydrogen) atoms. The first kappa shape index (κ1) is 52.8. The lowest BCUT2D eigenvalue weighted by Gasteiger charge is -2.34. The van der Waals surface area contributed by atoms with E-state index >= 15 is 0 Å². The molecule has 2 nitrogen and oxygen atoms in total. The van der Waals surface area contributed by atoms with Crippen LogP contribution in [0.5, 0.6) is 0 Å². The Labute approximate surface area is 400 Å². The molecule has 4 aromatic carbocycles. The molecule has 0 heterocycles. The zero-order valence-electron chi connectivity index (χ0n) is 43.4. The van der Waals surface area contributed by atoms with Crippen LogP contribution in [0.25, 0.3) is 0 Å². The first-order valence-corrected chi connectivity index (χ1v) is 26.8. The Bertz CT molecular complexity index is 1930. The van der Waals surface area contributed by atoms with Crippen molar-refractivity contribution in [3.05, 3.63) is 141 Å². The molecule has 5 aliphatic rings. The average molecular weight is 883 g/mol. The molecule has 2 fully saturated rings. The van der Waals surface area contributed by atoms with Crippen LogP contribution in [0, 0.1) is 41.4 Å². The van der Waals surface area contributed by atoms with E-state index in [9.17, 15) is 5.11 Å². The summed E-state index contributed by atoms with van der Waals surface area (Å²) in [5, 5.41) is 9.23. The number of ether oxygens (including phenoxy) is 1. The van der Waals surface area contributed by atoms with Crippen LogP contribution >= 0.6 is 0 Å². The van der Waals surface area contributed by atoms with Gasteiger partial charge in [0.05, 0.1) is 19.3 Å². The van der Waals surface area contributed by atoms with Gasteiger partial charge < -0.3 is 9.84 Å². The molecule has 0 amide bonds. The lowest BCUT2D eigenvalue weighted by molar-refractivity contribution is 0.00355. The molecule has 2 heteroatoms. The van der Waals surface area contributed by atoms with Crippen LogP contribution in [0.4, 0.5) is 0 Å². The van der Waals surface area contributed by atoms with Gasteiger partial charge in [-0.05, 0) is 173 Å². The number of hydrogen-bond acceptors (Lipinski definition) is 2. The van der Waals surface area contributed by atoms with Crippen LogP contribution in [0.15, 0.2) is 91.0 Å². The van der Waals surface area contributed by atoms with Gasteiger partial charge in [0.2, 0.25) is 0 Å². The van der Waals surface area contributed by atoms with E-state index in [1.54, 1.807) is 27.8 Å². The number of rotatable bonds is 9. The van der Waals surface area contributed by atoms with Gasteiger partial charge in [-0.15, -0.1) is 0 Å². The highest BCUT2D eigenvalue weighted by molar-refractivity contribution is 5.39. The predicted octanol–water partition coefficient (Wildman–Crippen LogP) is 17.4. The Morgan fingerprint density at radius 2 is 1.18 bits per heavy atom. The summed E-state index contributed by atoms with van der Waals surface area (Å²) in [5.74, 6) is 7.95. The summed E-state index contributed by atoms with van der Waals surface area (Å²) in [6.45, 7) is 26.5. The van der Waals surface area contributed by atoms with Crippen LogP contribution in [-0.4, -0.2) is 11.2 Å². The maximum absolute atomic E-state index is 9.23. The van der Waals surface area contributed by atoms with E-state index in [4.69, 9.17) is 4.74 Å². The molecule has 0 radical (unpaired) electrons. The first-order valence-electron chi connectivity index (χ1n) is 26.8. The maximum atomic E-state index is 9.23. The third-order valence-electron chi connectivity index (χ3n) is 16.0. The zero-order chi connectivity index (χ0) is 46.9. The average Bonchev–Trinajstić information content (AvgIpc) is 4.12. The van der Waals surface area contributed by atoms with Crippen LogP contribution < -0.4 is 0 Å². The molecule has 0 aliphatic heterocycles. The molecular weight excluding hydrogens is 789 g/mol. The fraction of sp³-hybridized carbons (Fsp3) is 0.619. The molecule has 0 spiro atoms. The summed E-state index contributed by atoms with van der Waals surface area (Å²) in [6, 6.07) is 32.7. The minimum atomic E-state index is 0.159. The monoisotopic (exact) mass is 883 g/mol. The molecular formula is C63H94O2. The molecule has 358 valence electrons. The molecule has 0 aromatic heterocycles. The normalized spacial score (nSPS) is 22.2. The van der Waals surface area contributed by atoms with E-state index in [1.165, 1.54) is 113 Å². The minimum Gasteiger partial charge on any atom is -0.392 e. The largest absolute Gasteiger partial charge is 0.392 e. The molecule has 0 bridgehead atoms. The Morgan fingerprint density at radius 3 is 1.83 bits per heavy atom. The van der Waals surface area contributed by atoms with Gasteiger partial charge in [-0.25, -0.2) is 0 Å². The lowest BCUT2D eigenvalue weighted by atomic mass is 9.70. The first-order chi connectivity index (χ1) is 31.3. The van der Waals surface area contributed by atoms with Crippen molar-refractivity contribution in [2.24, 2.45) is 41.4 Å². The van der Waals surface area contributed by atoms with Crippen molar-refractivity contribution in [2.75, 3.05) is 0 Å². The van der Waals surface area contributed by atoms with Crippen molar-refractivity contribution >= 4 is 0 Å². The summed E-state index contributed by atoms with van der Waals surface area (Å²) < 4.78 is 6.06. The topological polar surface area (TPSA) is 29.5 Å². The number of benzene rings is 4. The van der Waals surface area contributed by atoms with Gasteiger partial charge in [-0.3, -0.25) is 0 Å². The summed E-state index contributed by atoms with van der Waals surface area (Å²) in [5.41, 5.74) is 13.4. The van der Waals surface area contributed by atoms with Crippen molar-refractivity contribution in [3.63, 3.8) is 0 Å². The van der Waals surface area contributed by atoms with Gasteiger partial charge in [-0.1, -0.05) is 199 Å². The Kier molecular flexibility index (Phi) is 21.9. The number of aliphatic hydroxyl groups is 1. The second-order valence-corrected chi connectivity index (χ2v) is 22.4. The summed E-state index contributed by atoms with van der Waals surface area (Å²) in [4.78, 5) is 0. The van der Waals surface area contributed by atoms with Crippen molar-refractivity contribution in [3.8, 4) is 0 Å². The van der Waals surface area contributed by atoms with Crippen LogP contribution in [0.3, 0.4) is 0 Å². The summed E-state index contributed by atoms with van der Waals surface area (Å²) in [7, 11) is 0. The second kappa shape index (κ2) is 27.0. The minimum absolute atomic E-state index is 0.159. The Balaban J connectivity index is 0.000000155. The van der Waals surface area contributed by atoms with Crippen LogP contribution in [0.2, 0.25) is 0 Å². The SMILES string of the molecule is CC(C)C1CCCC1.CC(C)[C@@H]1CCc2ccccc21.CC(C)[C@@H]1c2cc(CO)ccc2CC[C@@H]1C.CC(C)[C@H]1CCCC1OCc1ccccc1.CC(C)c1cccc2c1CCCC2. The number of aliphatic hydroxyl groups excluding tert-OH is 1. The maximum Gasteiger partial charge on any atom is 0.0720 e. The fourth-order valence-electron chi connectivity index (χ4n) is 12.1. The number of hydrogen-bond donors (Lipinski definition) is 1. The number of fused-ring (bicyclic) bond motifs is 3. The van der Waals surface area contributed by atoms with E-state index in [0.29, 0.717) is 23.9 Å². The van der Waals surface area contributed by atoms with Gasteiger partial charge in [0.1, 0.15) is 0 Å². The quantitative estimate of drug-likeness (QED) is 0.181. The van der Waals surface area contributed by atoms with E-state index in [2.05, 4.69) is 167 Å². The molecule has 1 unspecified atom stereocenters. The van der Waals surface area contributed by atoms with E-state index < -0.39 is 0 Å². The highest BCUT2D eigenvalue weighted by Gasteiger charge is 2.31. The van der Waals surface area contributed by atoms with Gasteiger partial charge in [-0.2, -0.15) is 0 Å². The van der Waals surface area contributed by atoms with Gasteiger partial charge in [0, 0.05) is 0 Å². The van der Waals surface area contributed by atoms with Crippen LogP contribution in [-0.2, 0) is 43.6 Å². The third-order valence-corrected chi connectivity index (χ3v) is 16.0. The second-order valence-electron chi connectivity index (χ2n) is 22.4. The summed E-state index contributed by atoms with van der Waals surface area (Å²) >= 11 is 0. The highest BCUT2D eigenvalue weighted by atomic mass is 16.5.